The zero-order chi connectivity index (χ0) is 13.1. The third kappa shape index (κ3) is 2.97. The van der Waals surface area contributed by atoms with Gasteiger partial charge in [0.05, 0.1) is 26.2 Å². The molecule has 0 unspecified atom stereocenters. The van der Waals surface area contributed by atoms with E-state index in [9.17, 15) is 4.79 Å². The van der Waals surface area contributed by atoms with E-state index in [0.717, 1.165) is 31.2 Å². The number of aryl methyl sites for hydroxylation is 1. The highest BCUT2D eigenvalue weighted by Crippen LogP contribution is 2.17. The number of quaternary nitrogens is 1. The van der Waals surface area contributed by atoms with Crippen molar-refractivity contribution in [3.8, 4) is 0 Å². The summed E-state index contributed by atoms with van der Waals surface area (Å²) in [6.07, 6.45) is 0. The Morgan fingerprint density at radius 2 is 2.06 bits per heavy atom. The summed E-state index contributed by atoms with van der Waals surface area (Å²) >= 11 is 11.6. The molecule has 98 valence electrons. The predicted octanol–water partition coefficient (Wildman–Crippen LogP) is 1.25. The van der Waals surface area contributed by atoms with Gasteiger partial charge < -0.3 is 4.90 Å². The molecule has 0 atom stereocenters. The minimum absolute atomic E-state index is 0.0264. The van der Waals surface area contributed by atoms with Gasteiger partial charge in [0.2, 0.25) is 5.91 Å². The van der Waals surface area contributed by atoms with Gasteiger partial charge in [-0.2, -0.15) is 0 Å². The average molecular weight is 288 g/mol. The van der Waals surface area contributed by atoms with E-state index < -0.39 is 0 Å². The Morgan fingerprint density at radius 1 is 1.39 bits per heavy atom. The van der Waals surface area contributed by atoms with Crippen LogP contribution in [0.25, 0.3) is 0 Å². The number of piperazine rings is 1. The molecule has 3 nitrogen and oxygen atoms in total. The number of carbonyl (C=O) groups excluding carboxylic acids is 1. The van der Waals surface area contributed by atoms with Crippen LogP contribution in [0.5, 0.6) is 0 Å². The molecule has 1 aromatic rings. The van der Waals surface area contributed by atoms with E-state index in [1.807, 2.05) is 23.1 Å². The number of halogens is 2. The van der Waals surface area contributed by atoms with Crippen molar-refractivity contribution in [1.29, 1.82) is 0 Å². The summed E-state index contributed by atoms with van der Waals surface area (Å²) in [4.78, 5) is 14.7. The third-order valence-corrected chi connectivity index (χ3v) is 3.88. The molecule has 1 aliphatic rings. The molecule has 1 N–H and O–H groups in total. The molecule has 1 amide bonds. The highest BCUT2D eigenvalue weighted by Gasteiger charge is 2.25. The molecule has 1 fully saturated rings. The van der Waals surface area contributed by atoms with Crippen molar-refractivity contribution in [3.63, 3.8) is 0 Å². The van der Waals surface area contributed by atoms with Gasteiger partial charge in [-0.1, -0.05) is 17.7 Å². The van der Waals surface area contributed by atoms with Gasteiger partial charge in [-0.3, -0.25) is 9.69 Å². The molecule has 2 rings (SSSR count). The van der Waals surface area contributed by atoms with E-state index in [0.29, 0.717) is 0 Å². The molecule has 0 spiro atoms. The third-order valence-electron chi connectivity index (χ3n) is 3.41. The maximum Gasteiger partial charge on any atom is 0.237 e. The first-order valence-corrected chi connectivity index (χ1v) is 6.98. The second kappa shape index (κ2) is 5.91. The molecule has 1 saturated heterocycles. The first-order valence-electron chi connectivity index (χ1n) is 6.07. The van der Waals surface area contributed by atoms with Crippen LogP contribution in [-0.4, -0.2) is 42.9 Å². The topological polar surface area (TPSA) is 24.8 Å². The van der Waals surface area contributed by atoms with Crippen molar-refractivity contribution in [2.45, 2.75) is 6.92 Å². The molecule has 0 bridgehead atoms. The Labute approximate surface area is 117 Å². The fraction of sp³-hybridized carbons (Fsp3) is 0.462. The van der Waals surface area contributed by atoms with Gasteiger partial charge in [0.1, 0.15) is 11.6 Å². The highest BCUT2D eigenvalue weighted by molar-refractivity contribution is 6.30. The predicted molar refractivity (Wildman–Crippen MR) is 73.8 cm³/mol. The summed E-state index contributed by atoms with van der Waals surface area (Å²) in [6, 6.07) is 5.97. The van der Waals surface area contributed by atoms with E-state index in [-0.39, 0.29) is 11.8 Å². The number of benzene rings is 1. The lowest BCUT2D eigenvalue weighted by molar-refractivity contribution is -0.837. The monoisotopic (exact) mass is 287 g/mol. The molecule has 0 saturated carbocycles. The molecular weight excluding hydrogens is 271 g/mol. The molecule has 0 aliphatic carbocycles. The normalized spacial score (nSPS) is 16.9. The van der Waals surface area contributed by atoms with Crippen LogP contribution in [0.3, 0.4) is 0 Å². The van der Waals surface area contributed by atoms with Crippen LogP contribution in [-0.2, 0) is 4.79 Å². The zero-order valence-electron chi connectivity index (χ0n) is 10.4. The Morgan fingerprint density at radius 3 is 2.67 bits per heavy atom. The number of rotatable bonds is 2. The molecule has 0 radical (unpaired) electrons. The van der Waals surface area contributed by atoms with Gasteiger partial charge in [0.25, 0.3) is 0 Å². The minimum atomic E-state index is 0.0264. The van der Waals surface area contributed by atoms with E-state index >= 15 is 0 Å². The molecule has 18 heavy (non-hydrogen) atoms. The molecule has 1 heterocycles. The Balaban J connectivity index is 2.05. The lowest BCUT2D eigenvalue weighted by atomic mass is 10.1. The number of alkyl halides is 1. The van der Waals surface area contributed by atoms with Crippen LogP contribution in [0, 0.1) is 6.92 Å². The van der Waals surface area contributed by atoms with Crippen molar-refractivity contribution >= 4 is 34.8 Å². The van der Waals surface area contributed by atoms with Crippen LogP contribution >= 0.6 is 23.2 Å². The molecule has 1 aromatic carbocycles. The average Bonchev–Trinajstić information content (AvgIpc) is 2.41. The highest BCUT2D eigenvalue weighted by atomic mass is 35.5. The van der Waals surface area contributed by atoms with Gasteiger partial charge >= 0.3 is 0 Å². The van der Waals surface area contributed by atoms with E-state index in [2.05, 4.69) is 6.92 Å². The maximum absolute atomic E-state index is 11.5. The van der Waals surface area contributed by atoms with Crippen molar-refractivity contribution in [3.05, 3.63) is 28.8 Å². The lowest BCUT2D eigenvalue weighted by Crippen LogP contribution is -3.10. The number of hydrogen-bond acceptors (Lipinski definition) is 1. The summed E-state index contributed by atoms with van der Waals surface area (Å²) in [7, 11) is 0. The SMILES string of the molecule is Cc1ccc(Cl)cc1[NH+]1CCN(C(=O)CCl)CC1. The van der Waals surface area contributed by atoms with Gasteiger partial charge in [-0.05, 0) is 13.0 Å². The van der Waals surface area contributed by atoms with E-state index in [1.165, 1.54) is 16.2 Å². The van der Waals surface area contributed by atoms with Crippen LogP contribution in [0.15, 0.2) is 18.2 Å². The Bertz CT molecular complexity index is 443. The standard InChI is InChI=1S/C13H16Cl2N2O/c1-10-2-3-11(15)8-12(10)16-4-6-17(7-5-16)13(18)9-14/h2-3,8H,4-7,9H2,1H3/p+1. The molecule has 1 aliphatic heterocycles. The summed E-state index contributed by atoms with van der Waals surface area (Å²) < 4.78 is 0. The van der Waals surface area contributed by atoms with Gasteiger partial charge in [-0.15, -0.1) is 11.6 Å². The Hall–Kier alpha value is -0.770. The molecule has 5 heteroatoms. The summed E-state index contributed by atoms with van der Waals surface area (Å²) in [5.41, 5.74) is 2.48. The summed E-state index contributed by atoms with van der Waals surface area (Å²) in [6.45, 7) is 5.42. The largest absolute Gasteiger partial charge is 0.330 e. The van der Waals surface area contributed by atoms with Crippen LogP contribution < -0.4 is 4.90 Å². The quantitative estimate of drug-likeness (QED) is 0.814. The zero-order valence-corrected chi connectivity index (χ0v) is 11.9. The summed E-state index contributed by atoms with van der Waals surface area (Å²) in [5.74, 6) is 0.101. The summed E-state index contributed by atoms with van der Waals surface area (Å²) in [5, 5.41) is 0.766. The second-order valence-electron chi connectivity index (χ2n) is 4.58. The van der Waals surface area contributed by atoms with Gasteiger partial charge in [0.15, 0.2) is 0 Å². The van der Waals surface area contributed by atoms with Crippen molar-refractivity contribution in [1.82, 2.24) is 4.90 Å². The Kier molecular flexibility index (Phi) is 4.49. The molecular formula is C13H17Cl2N2O+. The number of carbonyl (C=O) groups is 1. The lowest BCUT2D eigenvalue weighted by Gasteiger charge is -2.32. The van der Waals surface area contributed by atoms with E-state index in [4.69, 9.17) is 23.2 Å². The smallest absolute Gasteiger partial charge is 0.237 e. The van der Waals surface area contributed by atoms with Crippen LogP contribution in [0.2, 0.25) is 5.02 Å². The van der Waals surface area contributed by atoms with Crippen molar-refractivity contribution < 1.29 is 9.69 Å². The van der Waals surface area contributed by atoms with Gasteiger partial charge in [-0.25, -0.2) is 0 Å². The number of nitrogens with zero attached hydrogens (tertiary/aromatic N) is 1. The maximum atomic E-state index is 11.5. The number of amides is 1. The van der Waals surface area contributed by atoms with E-state index in [1.54, 1.807) is 0 Å². The van der Waals surface area contributed by atoms with Crippen molar-refractivity contribution in [2.75, 3.05) is 32.1 Å². The first kappa shape index (κ1) is 13.7. The van der Waals surface area contributed by atoms with Gasteiger partial charge in [0, 0.05) is 16.7 Å². The minimum Gasteiger partial charge on any atom is -0.330 e. The molecule has 0 aromatic heterocycles. The number of hydrogen-bond donors (Lipinski definition) is 1. The second-order valence-corrected chi connectivity index (χ2v) is 5.28. The number of nitrogens with one attached hydrogen (secondary N) is 1. The fourth-order valence-electron chi connectivity index (χ4n) is 2.36. The van der Waals surface area contributed by atoms with Crippen molar-refractivity contribution in [2.24, 2.45) is 0 Å². The first-order chi connectivity index (χ1) is 8.61. The van der Waals surface area contributed by atoms with Crippen LogP contribution in [0.4, 0.5) is 5.69 Å². The fourth-order valence-corrected chi connectivity index (χ4v) is 2.70. The van der Waals surface area contributed by atoms with Crippen LogP contribution in [0.1, 0.15) is 5.56 Å².